The molecule has 0 spiro atoms. The zero-order valence-corrected chi connectivity index (χ0v) is 14.4. The van der Waals surface area contributed by atoms with Crippen LogP contribution in [0.3, 0.4) is 0 Å². The molecule has 0 aliphatic carbocycles. The molecule has 108 valence electrons. The van der Waals surface area contributed by atoms with E-state index in [1.165, 1.54) is 0 Å². The number of rotatable bonds is 2. The molecular formula is C16H21ClO2Si. The van der Waals surface area contributed by atoms with E-state index in [2.05, 4.69) is 33.9 Å². The van der Waals surface area contributed by atoms with Crippen molar-refractivity contribution in [2.45, 2.75) is 38.9 Å². The van der Waals surface area contributed by atoms with Crippen LogP contribution in [0.25, 0.3) is 10.8 Å². The lowest BCUT2D eigenvalue weighted by molar-refractivity contribution is 0.425. The first-order valence-electron chi connectivity index (χ1n) is 6.72. The molecule has 0 atom stereocenters. The highest BCUT2D eigenvalue weighted by Gasteiger charge is 2.39. The highest BCUT2D eigenvalue weighted by molar-refractivity contribution is 6.74. The van der Waals surface area contributed by atoms with Gasteiger partial charge in [0.25, 0.3) is 8.32 Å². The average Bonchev–Trinajstić information content (AvgIpc) is 2.31. The van der Waals surface area contributed by atoms with Crippen molar-refractivity contribution in [3.63, 3.8) is 0 Å². The van der Waals surface area contributed by atoms with Gasteiger partial charge in [-0.3, -0.25) is 0 Å². The molecular weight excluding hydrogens is 288 g/mol. The van der Waals surface area contributed by atoms with Crippen LogP contribution in [0.2, 0.25) is 23.2 Å². The number of phenols is 1. The fourth-order valence-electron chi connectivity index (χ4n) is 1.78. The van der Waals surface area contributed by atoms with Crippen molar-refractivity contribution in [1.82, 2.24) is 0 Å². The third-order valence-electron chi connectivity index (χ3n) is 4.08. The Labute approximate surface area is 126 Å². The van der Waals surface area contributed by atoms with E-state index >= 15 is 0 Å². The highest BCUT2D eigenvalue weighted by atomic mass is 35.5. The minimum absolute atomic E-state index is 0.0774. The monoisotopic (exact) mass is 308 g/mol. The van der Waals surface area contributed by atoms with E-state index in [1.807, 2.05) is 24.3 Å². The molecule has 0 heterocycles. The van der Waals surface area contributed by atoms with Gasteiger partial charge in [0.2, 0.25) is 0 Å². The maximum absolute atomic E-state index is 10.2. The first kappa shape index (κ1) is 15.2. The van der Waals surface area contributed by atoms with E-state index in [0.29, 0.717) is 10.8 Å². The number of aromatic hydroxyl groups is 1. The van der Waals surface area contributed by atoms with Gasteiger partial charge in [-0.25, -0.2) is 0 Å². The quantitative estimate of drug-likeness (QED) is 0.733. The second kappa shape index (κ2) is 4.97. The number of hydrogen-bond acceptors (Lipinski definition) is 2. The van der Waals surface area contributed by atoms with Crippen molar-refractivity contribution >= 4 is 30.7 Å². The van der Waals surface area contributed by atoms with Gasteiger partial charge in [0.1, 0.15) is 0 Å². The van der Waals surface area contributed by atoms with Crippen LogP contribution in [0.15, 0.2) is 30.3 Å². The molecule has 4 heteroatoms. The van der Waals surface area contributed by atoms with Gasteiger partial charge in [-0.15, -0.1) is 0 Å². The van der Waals surface area contributed by atoms with Crippen LogP contribution in [-0.2, 0) is 0 Å². The Bertz CT molecular complexity index is 645. The first-order chi connectivity index (χ1) is 9.12. The summed E-state index contributed by atoms with van der Waals surface area (Å²) >= 11 is 6.02. The van der Waals surface area contributed by atoms with Crippen molar-refractivity contribution in [3.05, 3.63) is 35.4 Å². The van der Waals surface area contributed by atoms with Gasteiger partial charge in [-0.05, 0) is 47.8 Å². The number of halogens is 1. The Morgan fingerprint density at radius 3 is 2.35 bits per heavy atom. The minimum Gasteiger partial charge on any atom is -0.541 e. The van der Waals surface area contributed by atoms with Crippen molar-refractivity contribution < 1.29 is 9.53 Å². The van der Waals surface area contributed by atoms with Gasteiger partial charge >= 0.3 is 0 Å². The SMILES string of the molecule is CC(C)(C)[Si](C)(C)Oc1c(O)ccc2cc(Cl)ccc12. The highest BCUT2D eigenvalue weighted by Crippen LogP contribution is 2.43. The lowest BCUT2D eigenvalue weighted by Crippen LogP contribution is -2.43. The van der Waals surface area contributed by atoms with Crippen LogP contribution in [-0.4, -0.2) is 13.4 Å². The summed E-state index contributed by atoms with van der Waals surface area (Å²) in [5.74, 6) is 0.760. The maximum Gasteiger partial charge on any atom is 0.250 e. The van der Waals surface area contributed by atoms with E-state index in [-0.39, 0.29) is 10.8 Å². The van der Waals surface area contributed by atoms with E-state index in [0.717, 1.165) is 10.8 Å². The van der Waals surface area contributed by atoms with Gasteiger partial charge in [-0.1, -0.05) is 38.4 Å². The van der Waals surface area contributed by atoms with E-state index in [9.17, 15) is 5.11 Å². The van der Waals surface area contributed by atoms with Crippen molar-refractivity contribution in [1.29, 1.82) is 0 Å². The van der Waals surface area contributed by atoms with E-state index in [1.54, 1.807) is 6.07 Å². The third kappa shape index (κ3) is 2.79. The third-order valence-corrected chi connectivity index (χ3v) is 8.64. The molecule has 0 bridgehead atoms. The Morgan fingerprint density at radius 2 is 1.75 bits per heavy atom. The Hall–Kier alpha value is -1.19. The zero-order valence-electron chi connectivity index (χ0n) is 12.6. The maximum atomic E-state index is 10.2. The van der Waals surface area contributed by atoms with Crippen molar-refractivity contribution in [2.24, 2.45) is 0 Å². The molecule has 0 saturated heterocycles. The Balaban J connectivity index is 2.57. The smallest absolute Gasteiger partial charge is 0.250 e. The average molecular weight is 309 g/mol. The summed E-state index contributed by atoms with van der Waals surface area (Å²) < 4.78 is 6.30. The van der Waals surface area contributed by atoms with Gasteiger partial charge in [0.05, 0.1) is 0 Å². The van der Waals surface area contributed by atoms with Crippen LogP contribution in [0, 0.1) is 0 Å². The Kier molecular flexibility index (Phi) is 3.78. The Morgan fingerprint density at radius 1 is 1.10 bits per heavy atom. The van der Waals surface area contributed by atoms with Gasteiger partial charge < -0.3 is 9.53 Å². The predicted molar refractivity (Wildman–Crippen MR) is 88.4 cm³/mol. The van der Waals surface area contributed by atoms with Crippen LogP contribution < -0.4 is 4.43 Å². The number of fused-ring (bicyclic) bond motifs is 1. The standard InChI is InChI=1S/C16H21ClO2Si/c1-16(2,3)20(4,5)19-15-13-8-7-12(17)10-11(13)6-9-14(15)18/h6-10,18H,1-5H3. The van der Waals surface area contributed by atoms with Gasteiger partial charge in [0.15, 0.2) is 11.5 Å². The molecule has 2 nitrogen and oxygen atoms in total. The number of phenolic OH excluding ortho intramolecular Hbond substituents is 1. The topological polar surface area (TPSA) is 29.5 Å². The van der Waals surface area contributed by atoms with Crippen LogP contribution in [0.5, 0.6) is 11.5 Å². The normalized spacial score (nSPS) is 12.7. The molecule has 2 aromatic rings. The minimum atomic E-state index is -2.00. The lowest BCUT2D eigenvalue weighted by Gasteiger charge is -2.36. The molecule has 0 fully saturated rings. The molecule has 0 aromatic heterocycles. The summed E-state index contributed by atoms with van der Waals surface area (Å²) in [5, 5.41) is 12.8. The predicted octanol–water partition coefficient (Wildman–Crippen LogP) is 5.58. The van der Waals surface area contributed by atoms with E-state index in [4.69, 9.17) is 16.0 Å². The molecule has 0 unspecified atom stereocenters. The fourth-order valence-corrected chi connectivity index (χ4v) is 2.99. The molecule has 1 N–H and O–H groups in total. The molecule has 0 saturated carbocycles. The molecule has 0 radical (unpaired) electrons. The molecule has 0 aliphatic rings. The summed E-state index contributed by atoms with van der Waals surface area (Å²) in [5.41, 5.74) is 0. The summed E-state index contributed by atoms with van der Waals surface area (Å²) in [4.78, 5) is 0. The molecule has 20 heavy (non-hydrogen) atoms. The van der Waals surface area contributed by atoms with Gasteiger partial charge in [0, 0.05) is 10.4 Å². The second-order valence-electron chi connectivity index (χ2n) is 6.64. The van der Waals surface area contributed by atoms with E-state index < -0.39 is 8.32 Å². The van der Waals surface area contributed by atoms with Crippen molar-refractivity contribution in [3.8, 4) is 11.5 Å². The van der Waals surface area contributed by atoms with Crippen molar-refractivity contribution in [2.75, 3.05) is 0 Å². The number of benzene rings is 2. The summed E-state index contributed by atoms with van der Waals surface area (Å²) in [7, 11) is -2.00. The fraction of sp³-hybridized carbons (Fsp3) is 0.375. The first-order valence-corrected chi connectivity index (χ1v) is 10.0. The van der Waals surface area contributed by atoms with Gasteiger partial charge in [-0.2, -0.15) is 0 Å². The molecule has 0 amide bonds. The summed E-state index contributed by atoms with van der Waals surface area (Å²) in [6, 6.07) is 9.13. The molecule has 0 aliphatic heterocycles. The largest absolute Gasteiger partial charge is 0.541 e. The van der Waals surface area contributed by atoms with Crippen LogP contribution >= 0.6 is 11.6 Å². The lowest BCUT2D eigenvalue weighted by atomic mass is 10.1. The summed E-state index contributed by atoms with van der Waals surface area (Å²) in [6.07, 6.45) is 0. The molecule has 2 rings (SSSR count). The molecule has 2 aromatic carbocycles. The zero-order chi connectivity index (χ0) is 15.1. The summed E-state index contributed by atoms with van der Waals surface area (Å²) in [6.45, 7) is 10.9. The number of hydrogen-bond donors (Lipinski definition) is 1. The van der Waals surface area contributed by atoms with Crippen LogP contribution in [0.1, 0.15) is 20.8 Å². The second-order valence-corrected chi connectivity index (χ2v) is 11.8. The van der Waals surface area contributed by atoms with Crippen LogP contribution in [0.4, 0.5) is 0 Å².